The van der Waals surface area contributed by atoms with Crippen molar-refractivity contribution in [3.05, 3.63) is 28.8 Å². The highest BCUT2D eigenvalue weighted by Crippen LogP contribution is 2.30. The zero-order chi connectivity index (χ0) is 11.7. The van der Waals surface area contributed by atoms with Crippen LogP contribution in [-0.4, -0.2) is 12.4 Å². The molecule has 0 spiro atoms. The Balaban J connectivity index is 2.03. The highest BCUT2D eigenvalue weighted by Gasteiger charge is 2.29. The first-order valence-electron chi connectivity index (χ1n) is 5.81. The van der Waals surface area contributed by atoms with Gasteiger partial charge in [0.15, 0.2) is 5.78 Å². The standard InChI is InChI=1S/C14H18O2/c1-9-6-11(3)14(7-10(9)2)16-8-13(15)12-4-5-12/h6-7,12H,4-5,8H2,1-3H3. The lowest BCUT2D eigenvalue weighted by Crippen LogP contribution is -2.13. The minimum absolute atomic E-state index is 0.230. The number of Topliss-reactive ketones (excluding diaryl/α,β-unsaturated/α-hetero) is 1. The molecule has 1 fully saturated rings. The maximum Gasteiger partial charge on any atom is 0.173 e. The largest absolute Gasteiger partial charge is 0.486 e. The zero-order valence-corrected chi connectivity index (χ0v) is 10.2. The van der Waals surface area contributed by atoms with Crippen LogP contribution in [0.15, 0.2) is 12.1 Å². The minimum Gasteiger partial charge on any atom is -0.486 e. The number of benzene rings is 1. The summed E-state index contributed by atoms with van der Waals surface area (Å²) in [5, 5.41) is 0. The molecule has 1 aliphatic carbocycles. The first-order valence-corrected chi connectivity index (χ1v) is 5.81. The van der Waals surface area contributed by atoms with Crippen molar-refractivity contribution in [2.24, 2.45) is 5.92 Å². The van der Waals surface area contributed by atoms with Gasteiger partial charge in [0.1, 0.15) is 12.4 Å². The van der Waals surface area contributed by atoms with Gasteiger partial charge in [-0.15, -0.1) is 0 Å². The number of hydrogen-bond donors (Lipinski definition) is 0. The fourth-order valence-electron chi connectivity index (χ4n) is 1.76. The molecular formula is C14H18O2. The number of ether oxygens (including phenoxy) is 1. The second kappa shape index (κ2) is 4.28. The molecule has 2 rings (SSSR count). The number of hydrogen-bond acceptors (Lipinski definition) is 2. The van der Waals surface area contributed by atoms with E-state index >= 15 is 0 Å². The van der Waals surface area contributed by atoms with Crippen molar-refractivity contribution >= 4 is 5.78 Å². The Morgan fingerprint density at radius 3 is 2.44 bits per heavy atom. The number of ketones is 1. The van der Waals surface area contributed by atoms with Gasteiger partial charge in [-0.3, -0.25) is 4.79 Å². The van der Waals surface area contributed by atoms with E-state index in [1.807, 2.05) is 13.0 Å². The Hall–Kier alpha value is -1.31. The van der Waals surface area contributed by atoms with Crippen LogP contribution in [0.4, 0.5) is 0 Å². The number of aryl methyl sites for hydroxylation is 3. The van der Waals surface area contributed by atoms with Crippen LogP contribution >= 0.6 is 0 Å². The molecule has 0 radical (unpaired) electrons. The second-order valence-corrected chi connectivity index (χ2v) is 4.73. The molecule has 1 aromatic rings. The molecule has 0 saturated heterocycles. The van der Waals surface area contributed by atoms with Crippen molar-refractivity contribution in [2.75, 3.05) is 6.61 Å². The van der Waals surface area contributed by atoms with E-state index < -0.39 is 0 Å². The molecular weight excluding hydrogens is 200 g/mol. The van der Waals surface area contributed by atoms with E-state index in [4.69, 9.17) is 4.74 Å². The van der Waals surface area contributed by atoms with Crippen LogP contribution in [0.25, 0.3) is 0 Å². The van der Waals surface area contributed by atoms with Gasteiger partial charge in [0.25, 0.3) is 0 Å². The molecule has 0 amide bonds. The summed E-state index contributed by atoms with van der Waals surface area (Å²) >= 11 is 0. The van der Waals surface area contributed by atoms with E-state index in [2.05, 4.69) is 19.9 Å². The lowest BCUT2D eigenvalue weighted by molar-refractivity contribution is -0.122. The van der Waals surface area contributed by atoms with Crippen LogP contribution in [0.2, 0.25) is 0 Å². The van der Waals surface area contributed by atoms with Crippen LogP contribution in [0.3, 0.4) is 0 Å². The molecule has 0 atom stereocenters. The van der Waals surface area contributed by atoms with E-state index in [1.165, 1.54) is 11.1 Å². The Labute approximate surface area is 96.6 Å². The molecule has 2 nitrogen and oxygen atoms in total. The maximum atomic E-state index is 11.5. The Bertz CT molecular complexity index is 417. The smallest absolute Gasteiger partial charge is 0.173 e. The summed E-state index contributed by atoms with van der Waals surface area (Å²) < 4.78 is 5.59. The minimum atomic E-state index is 0.230. The van der Waals surface area contributed by atoms with Crippen LogP contribution in [-0.2, 0) is 4.79 Å². The molecule has 1 saturated carbocycles. The Morgan fingerprint density at radius 2 is 1.81 bits per heavy atom. The van der Waals surface area contributed by atoms with Gasteiger partial charge in [-0.1, -0.05) is 6.07 Å². The number of carbonyl (C=O) groups is 1. The molecule has 86 valence electrons. The van der Waals surface area contributed by atoms with Gasteiger partial charge >= 0.3 is 0 Å². The monoisotopic (exact) mass is 218 g/mol. The lowest BCUT2D eigenvalue weighted by atomic mass is 10.1. The van der Waals surface area contributed by atoms with Gasteiger partial charge in [0.2, 0.25) is 0 Å². The first-order chi connectivity index (χ1) is 7.58. The zero-order valence-electron chi connectivity index (χ0n) is 10.2. The molecule has 0 unspecified atom stereocenters. The maximum absolute atomic E-state index is 11.5. The van der Waals surface area contributed by atoms with Gasteiger partial charge in [-0.05, 0) is 56.4 Å². The van der Waals surface area contributed by atoms with Crippen LogP contribution in [0.1, 0.15) is 29.5 Å². The molecule has 0 aliphatic heterocycles. The molecule has 0 bridgehead atoms. The fourth-order valence-corrected chi connectivity index (χ4v) is 1.76. The predicted molar refractivity (Wildman–Crippen MR) is 63.9 cm³/mol. The quantitative estimate of drug-likeness (QED) is 0.776. The van der Waals surface area contributed by atoms with E-state index in [1.54, 1.807) is 0 Å². The van der Waals surface area contributed by atoms with E-state index in [9.17, 15) is 4.79 Å². The summed E-state index contributed by atoms with van der Waals surface area (Å²) in [7, 11) is 0. The van der Waals surface area contributed by atoms with Crippen molar-refractivity contribution in [2.45, 2.75) is 33.6 Å². The van der Waals surface area contributed by atoms with Gasteiger partial charge in [-0.25, -0.2) is 0 Å². The highest BCUT2D eigenvalue weighted by molar-refractivity contribution is 5.84. The molecule has 1 aromatic carbocycles. The molecule has 1 aliphatic rings. The highest BCUT2D eigenvalue weighted by atomic mass is 16.5. The topological polar surface area (TPSA) is 26.3 Å². The fraction of sp³-hybridized carbons (Fsp3) is 0.500. The van der Waals surface area contributed by atoms with Crippen molar-refractivity contribution in [3.63, 3.8) is 0 Å². The summed E-state index contributed by atoms with van der Waals surface area (Å²) in [6.45, 7) is 6.39. The van der Waals surface area contributed by atoms with Crippen molar-refractivity contribution in [3.8, 4) is 5.75 Å². The third-order valence-corrected chi connectivity index (χ3v) is 3.19. The molecule has 0 aromatic heterocycles. The summed E-state index contributed by atoms with van der Waals surface area (Å²) in [6, 6.07) is 4.12. The van der Waals surface area contributed by atoms with Crippen molar-refractivity contribution in [1.82, 2.24) is 0 Å². The average Bonchev–Trinajstić information content (AvgIpc) is 3.04. The van der Waals surface area contributed by atoms with Gasteiger partial charge in [0.05, 0.1) is 0 Å². The summed E-state index contributed by atoms with van der Waals surface area (Å²) in [5.74, 6) is 1.38. The van der Waals surface area contributed by atoms with Crippen LogP contribution in [0.5, 0.6) is 5.75 Å². The van der Waals surface area contributed by atoms with Gasteiger partial charge in [-0.2, -0.15) is 0 Å². The normalized spacial score (nSPS) is 14.9. The lowest BCUT2D eigenvalue weighted by Gasteiger charge is -2.11. The molecule has 16 heavy (non-hydrogen) atoms. The SMILES string of the molecule is Cc1cc(C)c(OCC(=O)C2CC2)cc1C. The predicted octanol–water partition coefficient (Wildman–Crippen LogP) is 2.97. The van der Waals surface area contributed by atoms with E-state index in [0.717, 1.165) is 24.2 Å². The summed E-state index contributed by atoms with van der Waals surface area (Å²) in [4.78, 5) is 11.5. The third-order valence-electron chi connectivity index (χ3n) is 3.19. The van der Waals surface area contributed by atoms with E-state index in [-0.39, 0.29) is 18.3 Å². The molecule has 0 heterocycles. The average molecular weight is 218 g/mol. The third kappa shape index (κ3) is 2.43. The molecule has 0 N–H and O–H groups in total. The first kappa shape index (κ1) is 11.2. The number of carbonyl (C=O) groups excluding carboxylic acids is 1. The Kier molecular flexibility index (Phi) is 2.99. The van der Waals surface area contributed by atoms with Crippen LogP contribution in [0, 0.1) is 26.7 Å². The second-order valence-electron chi connectivity index (χ2n) is 4.73. The summed E-state index contributed by atoms with van der Waals surface area (Å²) in [5.41, 5.74) is 3.57. The Morgan fingerprint density at radius 1 is 1.19 bits per heavy atom. The van der Waals surface area contributed by atoms with Gasteiger partial charge < -0.3 is 4.74 Å². The molecule has 2 heteroatoms. The van der Waals surface area contributed by atoms with Crippen molar-refractivity contribution in [1.29, 1.82) is 0 Å². The van der Waals surface area contributed by atoms with Crippen molar-refractivity contribution < 1.29 is 9.53 Å². The van der Waals surface area contributed by atoms with Crippen LogP contribution < -0.4 is 4.74 Å². The van der Waals surface area contributed by atoms with Gasteiger partial charge in [0, 0.05) is 5.92 Å². The van der Waals surface area contributed by atoms with E-state index in [0.29, 0.717) is 0 Å². The summed E-state index contributed by atoms with van der Waals surface area (Å²) in [6.07, 6.45) is 2.10. The number of rotatable bonds is 4.